The molecule has 2 aromatic heterocycles. The average molecular weight is 390 g/mol. The summed E-state index contributed by atoms with van der Waals surface area (Å²) in [5.74, 6) is -0.363. The Morgan fingerprint density at radius 1 is 1.11 bits per heavy atom. The van der Waals surface area contributed by atoms with Gasteiger partial charge in [0.25, 0.3) is 11.6 Å². The van der Waals surface area contributed by atoms with Crippen LogP contribution in [0, 0.1) is 10.1 Å². The Bertz CT molecular complexity index is 1190. The van der Waals surface area contributed by atoms with Gasteiger partial charge in [0.1, 0.15) is 0 Å². The fourth-order valence-electron chi connectivity index (χ4n) is 2.79. The number of nitro groups is 1. The van der Waals surface area contributed by atoms with Crippen molar-refractivity contribution in [3.8, 4) is 5.69 Å². The summed E-state index contributed by atoms with van der Waals surface area (Å²) in [6.45, 7) is 0. The number of amides is 1. The molecule has 2 aromatic carbocycles. The van der Waals surface area contributed by atoms with E-state index in [1.165, 1.54) is 23.5 Å². The van der Waals surface area contributed by atoms with Crippen LogP contribution in [0.1, 0.15) is 15.4 Å². The summed E-state index contributed by atoms with van der Waals surface area (Å²) < 4.78 is 2.76. The first kappa shape index (κ1) is 17.6. The quantitative estimate of drug-likeness (QED) is 0.312. The van der Waals surface area contributed by atoms with Crippen molar-refractivity contribution in [3.05, 3.63) is 93.6 Å². The lowest BCUT2D eigenvalue weighted by atomic mass is 10.2. The second kappa shape index (κ2) is 7.45. The zero-order valence-corrected chi connectivity index (χ0v) is 15.3. The van der Waals surface area contributed by atoms with Gasteiger partial charge in [-0.15, -0.1) is 11.3 Å². The summed E-state index contributed by atoms with van der Waals surface area (Å²) >= 11 is 1.26. The Balaban J connectivity index is 1.50. The fraction of sp³-hybridized carbons (Fsp3) is 0. The van der Waals surface area contributed by atoms with Gasteiger partial charge in [0.2, 0.25) is 0 Å². The van der Waals surface area contributed by atoms with Crippen LogP contribution in [-0.2, 0) is 0 Å². The molecule has 138 valence electrons. The van der Waals surface area contributed by atoms with Gasteiger partial charge in [-0.25, -0.2) is 5.43 Å². The minimum Gasteiger partial charge on any atom is -0.316 e. The summed E-state index contributed by atoms with van der Waals surface area (Å²) in [7, 11) is 0. The molecule has 1 amide bonds. The van der Waals surface area contributed by atoms with Crippen molar-refractivity contribution in [2.75, 3.05) is 0 Å². The van der Waals surface area contributed by atoms with Gasteiger partial charge in [0.15, 0.2) is 0 Å². The van der Waals surface area contributed by atoms with Crippen LogP contribution in [0.2, 0.25) is 0 Å². The molecule has 0 aliphatic carbocycles. The molecule has 28 heavy (non-hydrogen) atoms. The third-order valence-electron chi connectivity index (χ3n) is 4.11. The summed E-state index contributed by atoms with van der Waals surface area (Å²) in [5, 5.41) is 15.6. The molecule has 1 N–H and O–H groups in total. The number of rotatable bonds is 5. The van der Waals surface area contributed by atoms with E-state index in [9.17, 15) is 14.9 Å². The molecule has 0 saturated carbocycles. The number of thiophene rings is 1. The van der Waals surface area contributed by atoms with E-state index in [0.29, 0.717) is 10.3 Å². The van der Waals surface area contributed by atoms with Crippen LogP contribution in [0.4, 0.5) is 5.69 Å². The first-order valence-corrected chi connectivity index (χ1v) is 9.17. The molecule has 0 aliphatic rings. The van der Waals surface area contributed by atoms with Crippen LogP contribution in [0.5, 0.6) is 0 Å². The van der Waals surface area contributed by atoms with Gasteiger partial charge in [-0.2, -0.15) is 5.10 Å². The predicted molar refractivity (Wildman–Crippen MR) is 109 cm³/mol. The van der Waals surface area contributed by atoms with E-state index in [1.54, 1.807) is 18.3 Å². The van der Waals surface area contributed by atoms with Crippen molar-refractivity contribution in [1.29, 1.82) is 0 Å². The first-order chi connectivity index (χ1) is 13.6. The van der Waals surface area contributed by atoms with Gasteiger partial charge in [-0.05, 0) is 36.4 Å². The highest BCUT2D eigenvalue weighted by Crippen LogP contribution is 2.28. The van der Waals surface area contributed by atoms with Crippen molar-refractivity contribution in [3.63, 3.8) is 0 Å². The van der Waals surface area contributed by atoms with E-state index in [-0.39, 0.29) is 11.6 Å². The smallest absolute Gasteiger partial charge is 0.281 e. The van der Waals surface area contributed by atoms with Crippen LogP contribution in [-0.4, -0.2) is 21.6 Å². The maximum Gasteiger partial charge on any atom is 0.281 e. The Morgan fingerprint density at radius 3 is 2.71 bits per heavy atom. The van der Waals surface area contributed by atoms with Gasteiger partial charge in [-0.1, -0.05) is 18.2 Å². The van der Waals surface area contributed by atoms with Crippen LogP contribution < -0.4 is 5.43 Å². The molecule has 0 saturated heterocycles. The number of hydrogen-bond donors (Lipinski definition) is 1. The number of non-ortho nitro benzene ring substituents is 1. The number of nitrogens with one attached hydrogen (secondary N) is 1. The molecular weight excluding hydrogens is 376 g/mol. The zero-order valence-electron chi connectivity index (χ0n) is 14.5. The Labute approximate surface area is 163 Å². The van der Waals surface area contributed by atoms with Crippen LogP contribution in [0.15, 0.2) is 78.0 Å². The zero-order chi connectivity index (χ0) is 19.5. The summed E-state index contributed by atoms with van der Waals surface area (Å²) in [5.41, 5.74) is 4.32. The van der Waals surface area contributed by atoms with E-state index in [1.807, 2.05) is 53.2 Å². The second-order valence-corrected chi connectivity index (χ2v) is 7.01. The Morgan fingerprint density at radius 2 is 1.93 bits per heavy atom. The number of nitrogens with zero attached hydrogens (tertiary/aromatic N) is 3. The average Bonchev–Trinajstić information content (AvgIpc) is 3.34. The van der Waals surface area contributed by atoms with E-state index < -0.39 is 4.92 Å². The number of aromatic nitrogens is 1. The molecule has 0 fully saturated rings. The molecule has 0 aliphatic heterocycles. The molecule has 0 spiro atoms. The lowest BCUT2D eigenvalue weighted by Gasteiger charge is -2.05. The highest BCUT2D eigenvalue weighted by atomic mass is 32.1. The van der Waals surface area contributed by atoms with E-state index >= 15 is 0 Å². The first-order valence-electron chi connectivity index (χ1n) is 8.36. The van der Waals surface area contributed by atoms with Crippen LogP contribution in [0.3, 0.4) is 0 Å². The third kappa shape index (κ3) is 3.53. The van der Waals surface area contributed by atoms with Crippen LogP contribution in [0.25, 0.3) is 15.8 Å². The van der Waals surface area contributed by atoms with Crippen LogP contribution >= 0.6 is 11.3 Å². The molecule has 7 nitrogen and oxygen atoms in total. The molecule has 2 heterocycles. The van der Waals surface area contributed by atoms with Crippen molar-refractivity contribution in [2.24, 2.45) is 5.10 Å². The van der Waals surface area contributed by atoms with Gasteiger partial charge in [-0.3, -0.25) is 14.9 Å². The standard InChI is InChI=1S/C20H14N4O3S/c25-20(19-12-14-11-16(24(26)27)8-9-18(14)28-19)22-21-13-17-7-4-10-23(17)15-5-2-1-3-6-15/h1-13H,(H,22,25). The van der Waals surface area contributed by atoms with Gasteiger partial charge < -0.3 is 4.57 Å². The topological polar surface area (TPSA) is 89.5 Å². The predicted octanol–water partition coefficient (Wildman–Crippen LogP) is 4.36. The number of para-hydroxylation sites is 1. The molecule has 0 atom stereocenters. The monoisotopic (exact) mass is 390 g/mol. The number of hydrazone groups is 1. The number of fused-ring (bicyclic) bond motifs is 1. The Hall–Kier alpha value is -3.78. The van der Waals surface area contributed by atoms with Crippen molar-refractivity contribution in [1.82, 2.24) is 9.99 Å². The summed E-state index contributed by atoms with van der Waals surface area (Å²) in [6, 6.07) is 19.7. The Kier molecular flexibility index (Phi) is 4.69. The molecule has 0 radical (unpaired) electrons. The highest BCUT2D eigenvalue weighted by Gasteiger charge is 2.13. The fourth-order valence-corrected chi connectivity index (χ4v) is 3.72. The van der Waals surface area contributed by atoms with E-state index in [4.69, 9.17) is 0 Å². The second-order valence-electron chi connectivity index (χ2n) is 5.93. The van der Waals surface area contributed by atoms with Gasteiger partial charge in [0, 0.05) is 34.1 Å². The largest absolute Gasteiger partial charge is 0.316 e. The number of nitro benzene ring substituents is 1. The lowest BCUT2D eigenvalue weighted by Crippen LogP contribution is -2.16. The third-order valence-corrected chi connectivity index (χ3v) is 5.23. The van der Waals surface area contributed by atoms with Gasteiger partial charge in [0.05, 0.1) is 21.7 Å². The van der Waals surface area contributed by atoms with Gasteiger partial charge >= 0.3 is 0 Å². The van der Waals surface area contributed by atoms with Crippen molar-refractivity contribution in [2.45, 2.75) is 0 Å². The molecule has 0 unspecified atom stereocenters. The van der Waals surface area contributed by atoms with Crippen molar-refractivity contribution >= 4 is 39.2 Å². The molecule has 4 rings (SSSR count). The SMILES string of the molecule is O=C(NN=Cc1cccn1-c1ccccc1)c1cc2cc([N+](=O)[O-])ccc2s1. The molecular formula is C20H14N4O3S. The lowest BCUT2D eigenvalue weighted by molar-refractivity contribution is -0.384. The molecule has 8 heteroatoms. The molecule has 4 aromatic rings. The minimum absolute atomic E-state index is 0.00282. The summed E-state index contributed by atoms with van der Waals surface area (Å²) in [4.78, 5) is 23.2. The van der Waals surface area contributed by atoms with Crippen molar-refractivity contribution < 1.29 is 9.72 Å². The highest BCUT2D eigenvalue weighted by molar-refractivity contribution is 7.20. The maximum absolute atomic E-state index is 12.4. The maximum atomic E-state index is 12.4. The number of hydrogen-bond acceptors (Lipinski definition) is 5. The molecule has 0 bridgehead atoms. The summed E-state index contributed by atoms with van der Waals surface area (Å²) in [6.07, 6.45) is 3.49. The number of carbonyl (C=O) groups excluding carboxylic acids is 1. The number of benzene rings is 2. The normalized spacial score (nSPS) is 11.1. The van der Waals surface area contributed by atoms with E-state index in [0.717, 1.165) is 16.1 Å². The number of carbonyl (C=O) groups is 1. The van der Waals surface area contributed by atoms with E-state index in [2.05, 4.69) is 10.5 Å². The minimum atomic E-state index is -0.455.